The molecule has 1 aliphatic heterocycles. The molecule has 5 nitrogen and oxygen atoms in total. The van der Waals surface area contributed by atoms with Gasteiger partial charge < -0.3 is 4.84 Å². The summed E-state index contributed by atoms with van der Waals surface area (Å²) in [7, 11) is 0. The van der Waals surface area contributed by atoms with Crippen LogP contribution in [0, 0.1) is 0 Å². The zero-order valence-electron chi connectivity index (χ0n) is 13.6. The van der Waals surface area contributed by atoms with E-state index in [0.717, 1.165) is 0 Å². The van der Waals surface area contributed by atoms with Crippen LogP contribution >= 0.6 is 0 Å². The number of rotatable bonds is 0. The highest BCUT2D eigenvalue weighted by Crippen LogP contribution is 2.19. The molecule has 0 N–H and O–H groups in total. The van der Waals surface area contributed by atoms with Gasteiger partial charge in [-0.3, -0.25) is 9.59 Å². The molecule has 0 saturated heterocycles. The quantitative estimate of drug-likeness (QED) is 0.712. The van der Waals surface area contributed by atoms with Gasteiger partial charge in [-0.15, -0.1) is 5.11 Å². The van der Waals surface area contributed by atoms with Crippen LogP contribution in [-0.2, 0) is 16.0 Å². The largest absolute Gasteiger partial charge is 0.339 e. The summed E-state index contributed by atoms with van der Waals surface area (Å²) in [5, 5.41) is 7.39. The van der Waals surface area contributed by atoms with Gasteiger partial charge in [0, 0.05) is 23.7 Å². The molecule has 0 aliphatic carbocycles. The fourth-order valence-corrected chi connectivity index (χ4v) is 1.96. The highest BCUT2D eigenvalue weighted by Gasteiger charge is 2.07. The number of ketones is 2. The van der Waals surface area contributed by atoms with Gasteiger partial charge in [-0.1, -0.05) is 54.7 Å². The van der Waals surface area contributed by atoms with Crippen molar-refractivity contribution in [1.82, 2.24) is 0 Å². The third kappa shape index (κ3) is 7.18. The summed E-state index contributed by atoms with van der Waals surface area (Å²) in [6.45, 7) is 0. The zero-order chi connectivity index (χ0) is 17.7. The molecule has 0 spiro atoms. The van der Waals surface area contributed by atoms with Crippen LogP contribution in [0.5, 0.6) is 5.75 Å². The fourth-order valence-electron chi connectivity index (χ4n) is 1.96. The maximum Gasteiger partial charge on any atom is 0.163 e. The molecule has 1 aliphatic rings. The van der Waals surface area contributed by atoms with Crippen LogP contribution in [0.15, 0.2) is 95.5 Å². The molecule has 1 aromatic rings. The van der Waals surface area contributed by atoms with E-state index in [1.807, 2.05) is 6.07 Å². The van der Waals surface area contributed by atoms with Crippen LogP contribution in [0.2, 0.25) is 0 Å². The molecule has 1 aromatic carbocycles. The Hall–Kier alpha value is -3.34. The molecule has 0 atom stereocenters. The molecular weight excluding hydrogens is 316 g/mol. The molecular formula is C20H18N2O3. The summed E-state index contributed by atoms with van der Waals surface area (Å²) in [5.74, 6) is 0.278. The van der Waals surface area contributed by atoms with E-state index in [1.54, 1.807) is 60.7 Å². The van der Waals surface area contributed by atoms with Gasteiger partial charge >= 0.3 is 0 Å². The molecule has 0 aromatic heterocycles. The molecule has 25 heavy (non-hydrogen) atoms. The number of carbonyl (C=O) groups is 2. The fraction of sp³-hybridized carbons (Fsp3) is 0.100. The van der Waals surface area contributed by atoms with Crippen molar-refractivity contribution in [3.8, 4) is 5.75 Å². The third-order valence-corrected chi connectivity index (χ3v) is 3.14. The van der Waals surface area contributed by atoms with Gasteiger partial charge in [-0.25, -0.2) is 0 Å². The molecule has 5 heteroatoms. The van der Waals surface area contributed by atoms with Crippen LogP contribution in [0.4, 0.5) is 0 Å². The van der Waals surface area contributed by atoms with Crippen molar-refractivity contribution >= 4 is 11.6 Å². The number of fused-ring (bicyclic) bond motifs is 1. The molecule has 0 bridgehead atoms. The van der Waals surface area contributed by atoms with Gasteiger partial charge in [0.05, 0.1) is 6.20 Å². The summed E-state index contributed by atoms with van der Waals surface area (Å²) >= 11 is 0. The number of benzene rings is 1. The van der Waals surface area contributed by atoms with E-state index in [4.69, 9.17) is 4.84 Å². The maximum atomic E-state index is 12.0. The first-order valence-corrected chi connectivity index (χ1v) is 7.79. The Labute approximate surface area is 146 Å². The van der Waals surface area contributed by atoms with Crippen molar-refractivity contribution in [3.05, 3.63) is 90.7 Å². The summed E-state index contributed by atoms with van der Waals surface area (Å²) in [4.78, 5) is 29.0. The number of hydrogen-bond acceptors (Lipinski definition) is 5. The molecule has 2 rings (SSSR count). The minimum absolute atomic E-state index is 0.0724. The number of nitrogens with zero attached hydrogens (tertiary/aromatic N) is 2. The summed E-state index contributed by atoms with van der Waals surface area (Å²) < 4.78 is 0. The molecule has 0 fully saturated rings. The minimum Gasteiger partial charge on any atom is -0.339 e. The van der Waals surface area contributed by atoms with Crippen LogP contribution in [0.1, 0.15) is 12.0 Å². The van der Waals surface area contributed by atoms with Crippen LogP contribution in [0.25, 0.3) is 0 Å². The van der Waals surface area contributed by atoms with Crippen molar-refractivity contribution in [2.45, 2.75) is 12.8 Å². The molecule has 0 saturated carbocycles. The van der Waals surface area contributed by atoms with Crippen LogP contribution < -0.4 is 4.84 Å². The summed E-state index contributed by atoms with van der Waals surface area (Å²) in [6, 6.07) is 7.12. The third-order valence-electron chi connectivity index (χ3n) is 3.14. The van der Waals surface area contributed by atoms with E-state index in [-0.39, 0.29) is 24.4 Å². The van der Waals surface area contributed by atoms with E-state index in [9.17, 15) is 9.59 Å². The smallest absolute Gasteiger partial charge is 0.163 e. The topological polar surface area (TPSA) is 68.1 Å². The first kappa shape index (κ1) is 18.0. The summed E-state index contributed by atoms with van der Waals surface area (Å²) in [6.07, 6.45) is 16.7. The lowest BCUT2D eigenvalue weighted by atomic mass is 10.1. The Kier molecular flexibility index (Phi) is 7.52. The normalized spacial score (nSPS) is 16.0. The second-order valence-electron chi connectivity index (χ2n) is 5.08. The average Bonchev–Trinajstić information content (AvgIpc) is 2.60. The second-order valence-corrected chi connectivity index (χ2v) is 5.08. The van der Waals surface area contributed by atoms with Gasteiger partial charge in [0.15, 0.2) is 17.3 Å². The number of carbonyl (C=O) groups excluding carboxylic acids is 2. The summed E-state index contributed by atoms with van der Waals surface area (Å²) in [5.41, 5.74) is 0.702. The van der Waals surface area contributed by atoms with Crippen molar-refractivity contribution in [2.75, 3.05) is 0 Å². The number of hydrogen-bond donors (Lipinski definition) is 0. The first-order valence-electron chi connectivity index (χ1n) is 7.79. The Morgan fingerprint density at radius 1 is 0.840 bits per heavy atom. The Morgan fingerprint density at radius 3 is 2.48 bits per heavy atom. The first-order chi connectivity index (χ1) is 12.3. The lowest BCUT2D eigenvalue weighted by Crippen LogP contribution is -2.01. The molecule has 0 amide bonds. The van der Waals surface area contributed by atoms with E-state index in [0.29, 0.717) is 11.3 Å². The lowest BCUT2D eigenvalue weighted by Gasteiger charge is -2.04. The van der Waals surface area contributed by atoms with E-state index >= 15 is 0 Å². The monoisotopic (exact) mass is 334 g/mol. The molecule has 0 unspecified atom stereocenters. The van der Waals surface area contributed by atoms with Crippen LogP contribution in [0.3, 0.4) is 0 Å². The maximum absolute atomic E-state index is 12.0. The predicted octanol–water partition coefficient (Wildman–Crippen LogP) is 4.26. The van der Waals surface area contributed by atoms with Gasteiger partial charge in [-0.2, -0.15) is 0 Å². The minimum atomic E-state index is -0.119. The lowest BCUT2D eigenvalue weighted by molar-refractivity contribution is -0.114. The van der Waals surface area contributed by atoms with E-state index in [2.05, 4.69) is 10.4 Å². The van der Waals surface area contributed by atoms with Gasteiger partial charge in [0.1, 0.15) is 0 Å². The Bertz CT molecular complexity index is 784. The van der Waals surface area contributed by atoms with Crippen molar-refractivity contribution in [1.29, 1.82) is 0 Å². The second kappa shape index (κ2) is 10.4. The Balaban J connectivity index is 2.18. The number of allylic oxidation sites excluding steroid dienone is 9. The SMILES string of the molecule is O=C1C=CC=CC=CC=CN=NOc2ccccc2CC(=O)C=CC1. The van der Waals surface area contributed by atoms with Crippen molar-refractivity contribution in [3.63, 3.8) is 0 Å². The predicted molar refractivity (Wildman–Crippen MR) is 96.0 cm³/mol. The van der Waals surface area contributed by atoms with Gasteiger partial charge in [-0.05, 0) is 24.3 Å². The molecule has 126 valence electrons. The van der Waals surface area contributed by atoms with Gasteiger partial charge in [0.2, 0.25) is 0 Å². The van der Waals surface area contributed by atoms with E-state index in [1.165, 1.54) is 18.4 Å². The highest BCUT2D eigenvalue weighted by molar-refractivity contribution is 5.94. The van der Waals surface area contributed by atoms with E-state index < -0.39 is 0 Å². The Morgan fingerprint density at radius 2 is 1.60 bits per heavy atom. The van der Waals surface area contributed by atoms with Crippen molar-refractivity contribution < 1.29 is 14.4 Å². The van der Waals surface area contributed by atoms with Crippen LogP contribution in [-0.4, -0.2) is 11.6 Å². The van der Waals surface area contributed by atoms with Crippen molar-refractivity contribution in [2.24, 2.45) is 10.4 Å². The molecule has 0 radical (unpaired) electrons. The highest BCUT2D eigenvalue weighted by atomic mass is 16.6. The average molecular weight is 334 g/mol. The zero-order valence-corrected chi connectivity index (χ0v) is 13.6. The number of para-hydroxylation sites is 1. The van der Waals surface area contributed by atoms with Gasteiger partial charge in [0.25, 0.3) is 0 Å². The standard InChI is InChI=1S/C20H18N2O3/c23-18-11-5-3-1-2-4-8-15-21-22-25-20-14-7-6-10-17(20)16-19(24)13-9-12-18/h1-11,13-15H,12,16H2. The molecule has 1 heterocycles.